The van der Waals surface area contributed by atoms with Crippen LogP contribution >= 0.6 is 0 Å². The predicted molar refractivity (Wildman–Crippen MR) is 122 cm³/mol. The van der Waals surface area contributed by atoms with Crippen LogP contribution in [0.3, 0.4) is 0 Å². The summed E-state index contributed by atoms with van der Waals surface area (Å²) >= 11 is 0. The number of nitrogens with zero attached hydrogens (tertiary/aromatic N) is 2. The van der Waals surface area contributed by atoms with Crippen LogP contribution in [0.4, 0.5) is 0 Å². The average Bonchev–Trinajstić information content (AvgIpc) is 2.80. The van der Waals surface area contributed by atoms with Crippen molar-refractivity contribution in [2.24, 2.45) is 10.9 Å². The Balaban J connectivity index is 1.59. The lowest BCUT2D eigenvalue weighted by molar-refractivity contribution is 0.122. The molecule has 2 aromatic carbocycles. The van der Waals surface area contributed by atoms with Gasteiger partial charge in [-0.05, 0) is 67.7 Å². The second kappa shape index (κ2) is 10.9. The molecule has 6 heteroatoms. The number of hydrogen-bond acceptors (Lipinski definition) is 4. The molecule has 1 heterocycles. The van der Waals surface area contributed by atoms with Gasteiger partial charge in [-0.3, -0.25) is 9.89 Å². The summed E-state index contributed by atoms with van der Waals surface area (Å²) in [5.74, 6) is 3.10. The summed E-state index contributed by atoms with van der Waals surface area (Å²) in [7, 11) is 7.43. The van der Waals surface area contributed by atoms with E-state index in [1.54, 1.807) is 14.2 Å². The highest BCUT2D eigenvalue weighted by molar-refractivity contribution is 5.79. The van der Waals surface area contributed by atoms with Gasteiger partial charge in [-0.15, -0.1) is 0 Å². The van der Waals surface area contributed by atoms with Gasteiger partial charge in [0.05, 0.1) is 14.2 Å². The maximum absolute atomic E-state index is 5.32. The van der Waals surface area contributed by atoms with Gasteiger partial charge in [-0.1, -0.05) is 24.3 Å². The largest absolute Gasteiger partial charge is 0.497 e. The average molecular weight is 411 g/mol. The van der Waals surface area contributed by atoms with Crippen LogP contribution in [0.5, 0.6) is 11.5 Å². The van der Waals surface area contributed by atoms with Crippen LogP contribution in [0.1, 0.15) is 30.0 Å². The second-order valence-corrected chi connectivity index (χ2v) is 7.76. The van der Waals surface area contributed by atoms with Crippen molar-refractivity contribution >= 4 is 5.96 Å². The van der Waals surface area contributed by atoms with E-state index in [0.29, 0.717) is 12.0 Å². The van der Waals surface area contributed by atoms with E-state index in [4.69, 9.17) is 9.47 Å². The summed E-state index contributed by atoms with van der Waals surface area (Å²) in [6.45, 7) is 2.72. The molecule has 1 fully saturated rings. The van der Waals surface area contributed by atoms with Crippen molar-refractivity contribution in [2.45, 2.75) is 25.4 Å². The highest BCUT2D eigenvalue weighted by atomic mass is 16.5. The molecule has 0 amide bonds. The van der Waals surface area contributed by atoms with Crippen LogP contribution in [0, 0.1) is 5.92 Å². The number of piperidine rings is 1. The maximum Gasteiger partial charge on any atom is 0.191 e. The number of benzene rings is 2. The lowest BCUT2D eigenvalue weighted by atomic mass is 9.85. The first-order valence-electron chi connectivity index (χ1n) is 10.6. The van der Waals surface area contributed by atoms with Crippen molar-refractivity contribution in [3.63, 3.8) is 0 Å². The van der Waals surface area contributed by atoms with E-state index in [1.165, 1.54) is 24.0 Å². The normalized spacial score (nSPS) is 19.9. The predicted octanol–water partition coefficient (Wildman–Crippen LogP) is 3.45. The maximum atomic E-state index is 5.32. The van der Waals surface area contributed by atoms with Crippen LogP contribution in [0.2, 0.25) is 0 Å². The standard InChI is InChI=1S/C24H34N4O2/c1-25-24(26-16-18-7-11-21(29-3)12-8-18)27-17-20-6-5-15-28(2)23(20)19-9-13-22(30-4)14-10-19/h7-14,20,23H,5-6,15-17H2,1-4H3,(H2,25,26,27). The molecule has 0 aromatic heterocycles. The molecule has 3 rings (SSSR count). The van der Waals surface area contributed by atoms with E-state index >= 15 is 0 Å². The van der Waals surface area contributed by atoms with Crippen LogP contribution in [-0.2, 0) is 6.54 Å². The minimum absolute atomic E-state index is 0.386. The van der Waals surface area contributed by atoms with E-state index in [1.807, 2.05) is 19.2 Å². The summed E-state index contributed by atoms with van der Waals surface area (Å²) in [4.78, 5) is 6.86. The lowest BCUT2D eigenvalue weighted by Crippen LogP contribution is -2.44. The van der Waals surface area contributed by atoms with Gasteiger partial charge < -0.3 is 20.1 Å². The number of guanidine groups is 1. The number of ether oxygens (including phenoxy) is 2. The Kier molecular flexibility index (Phi) is 7.97. The lowest BCUT2D eigenvalue weighted by Gasteiger charge is -2.40. The Bertz CT molecular complexity index is 805. The molecule has 0 bridgehead atoms. The quantitative estimate of drug-likeness (QED) is 0.541. The molecule has 2 atom stereocenters. The first-order chi connectivity index (χ1) is 14.6. The zero-order valence-corrected chi connectivity index (χ0v) is 18.5. The van der Waals surface area contributed by atoms with Crippen molar-refractivity contribution < 1.29 is 9.47 Å². The highest BCUT2D eigenvalue weighted by Gasteiger charge is 2.30. The number of methoxy groups -OCH3 is 2. The van der Waals surface area contributed by atoms with Gasteiger partial charge in [0, 0.05) is 26.2 Å². The molecule has 1 aliphatic heterocycles. The number of hydrogen-bond donors (Lipinski definition) is 2. The SMILES string of the molecule is CN=C(NCc1ccc(OC)cc1)NCC1CCCN(C)C1c1ccc(OC)cc1. The topological polar surface area (TPSA) is 58.1 Å². The Labute approximate surface area is 180 Å². The van der Waals surface area contributed by atoms with Gasteiger partial charge in [0.25, 0.3) is 0 Å². The van der Waals surface area contributed by atoms with Crippen molar-refractivity contribution in [3.05, 3.63) is 59.7 Å². The van der Waals surface area contributed by atoms with E-state index < -0.39 is 0 Å². The van der Waals surface area contributed by atoms with Gasteiger partial charge in [0.15, 0.2) is 5.96 Å². The molecule has 6 nitrogen and oxygen atoms in total. The second-order valence-electron chi connectivity index (χ2n) is 7.76. The molecule has 1 saturated heterocycles. The van der Waals surface area contributed by atoms with Gasteiger partial charge in [0.2, 0.25) is 0 Å². The summed E-state index contributed by atoms with van der Waals surface area (Å²) in [6, 6.07) is 17.0. The highest BCUT2D eigenvalue weighted by Crippen LogP contribution is 2.35. The summed E-state index contributed by atoms with van der Waals surface area (Å²) in [5.41, 5.74) is 2.53. The number of rotatable bonds is 7. The molecular formula is C24H34N4O2. The molecule has 0 spiro atoms. The van der Waals surface area contributed by atoms with Gasteiger partial charge in [-0.2, -0.15) is 0 Å². The van der Waals surface area contributed by atoms with Gasteiger partial charge in [-0.25, -0.2) is 0 Å². The smallest absolute Gasteiger partial charge is 0.191 e. The number of aliphatic imine (C=N–C) groups is 1. The minimum Gasteiger partial charge on any atom is -0.497 e. The molecule has 2 N–H and O–H groups in total. The third-order valence-electron chi connectivity index (χ3n) is 5.84. The van der Waals surface area contributed by atoms with Gasteiger partial charge >= 0.3 is 0 Å². The molecule has 0 aliphatic carbocycles. The van der Waals surface area contributed by atoms with Crippen LogP contribution in [-0.4, -0.2) is 52.3 Å². The molecule has 162 valence electrons. The summed E-state index contributed by atoms with van der Waals surface area (Å²) in [6.07, 6.45) is 2.41. The summed E-state index contributed by atoms with van der Waals surface area (Å²) in [5, 5.41) is 6.95. The number of likely N-dealkylation sites (tertiary alicyclic amines) is 1. The molecule has 2 aromatic rings. The fourth-order valence-electron chi connectivity index (χ4n) is 4.18. The fraction of sp³-hybridized carbons (Fsp3) is 0.458. The van der Waals surface area contributed by atoms with Crippen molar-refractivity contribution in [1.29, 1.82) is 0 Å². The van der Waals surface area contributed by atoms with Crippen LogP contribution < -0.4 is 20.1 Å². The fourth-order valence-corrected chi connectivity index (χ4v) is 4.18. The first kappa shape index (κ1) is 22.0. The molecule has 0 radical (unpaired) electrons. The third kappa shape index (κ3) is 5.66. The van der Waals surface area contributed by atoms with E-state index in [9.17, 15) is 0 Å². The molecule has 1 aliphatic rings. The van der Waals surface area contributed by atoms with Crippen molar-refractivity contribution in [2.75, 3.05) is 41.4 Å². The van der Waals surface area contributed by atoms with E-state index in [0.717, 1.165) is 37.1 Å². The van der Waals surface area contributed by atoms with Crippen molar-refractivity contribution in [1.82, 2.24) is 15.5 Å². The van der Waals surface area contributed by atoms with Crippen molar-refractivity contribution in [3.8, 4) is 11.5 Å². The number of nitrogens with one attached hydrogen (secondary N) is 2. The van der Waals surface area contributed by atoms with E-state index in [-0.39, 0.29) is 0 Å². The zero-order valence-electron chi connectivity index (χ0n) is 18.5. The molecular weight excluding hydrogens is 376 g/mol. The molecule has 0 saturated carbocycles. The zero-order chi connectivity index (χ0) is 21.3. The van der Waals surface area contributed by atoms with Crippen LogP contribution in [0.25, 0.3) is 0 Å². The third-order valence-corrected chi connectivity index (χ3v) is 5.84. The first-order valence-corrected chi connectivity index (χ1v) is 10.6. The Morgan fingerprint density at radius 1 is 1.00 bits per heavy atom. The van der Waals surface area contributed by atoms with Gasteiger partial charge in [0.1, 0.15) is 11.5 Å². The monoisotopic (exact) mass is 410 g/mol. The van der Waals surface area contributed by atoms with Crippen LogP contribution in [0.15, 0.2) is 53.5 Å². The summed E-state index contributed by atoms with van der Waals surface area (Å²) < 4.78 is 10.5. The van der Waals surface area contributed by atoms with E-state index in [2.05, 4.69) is 64.0 Å². The Morgan fingerprint density at radius 3 is 2.23 bits per heavy atom. The molecule has 2 unspecified atom stereocenters. The molecule has 30 heavy (non-hydrogen) atoms. The Hall–Kier alpha value is -2.73. The Morgan fingerprint density at radius 2 is 1.63 bits per heavy atom. The minimum atomic E-state index is 0.386.